The van der Waals surface area contributed by atoms with E-state index in [1.54, 1.807) is 13.2 Å². The van der Waals surface area contributed by atoms with Crippen LogP contribution in [-0.2, 0) is 0 Å². The summed E-state index contributed by atoms with van der Waals surface area (Å²) in [5, 5.41) is 0. The van der Waals surface area contributed by atoms with Gasteiger partial charge in [-0.3, -0.25) is 5.84 Å². The number of hydrogen-bond donors (Lipinski definition) is 2. The fourth-order valence-corrected chi connectivity index (χ4v) is 2.69. The predicted molar refractivity (Wildman–Crippen MR) is 81.3 cm³/mol. The van der Waals surface area contributed by atoms with Crippen molar-refractivity contribution in [3.05, 3.63) is 63.0 Å². The van der Waals surface area contributed by atoms with Crippen molar-refractivity contribution in [3.63, 3.8) is 0 Å². The molecule has 0 aliphatic carbocycles. The molecule has 3 nitrogen and oxygen atoms in total. The standard InChI is InChI=1S/C14H14FIN2O/c1-19-13-7-6-9(15)8-11(13)14(18-17)10-4-2-3-5-12(10)16/h2-8,14,18H,17H2,1H3. The summed E-state index contributed by atoms with van der Waals surface area (Å²) in [6.07, 6.45) is 0. The number of ether oxygens (including phenoxy) is 1. The number of rotatable bonds is 4. The van der Waals surface area contributed by atoms with E-state index >= 15 is 0 Å². The van der Waals surface area contributed by atoms with Crippen molar-refractivity contribution in [1.29, 1.82) is 0 Å². The van der Waals surface area contributed by atoms with E-state index in [0.717, 1.165) is 9.13 Å². The van der Waals surface area contributed by atoms with Gasteiger partial charge in [-0.2, -0.15) is 0 Å². The summed E-state index contributed by atoms with van der Waals surface area (Å²) in [4.78, 5) is 0. The third-order valence-corrected chi connectivity index (χ3v) is 3.87. The molecule has 100 valence electrons. The van der Waals surface area contributed by atoms with Gasteiger partial charge < -0.3 is 4.74 Å². The van der Waals surface area contributed by atoms with Crippen molar-refractivity contribution in [2.75, 3.05) is 7.11 Å². The van der Waals surface area contributed by atoms with Crippen molar-refractivity contribution >= 4 is 22.6 Å². The maximum atomic E-state index is 13.5. The Bertz CT molecular complexity index is 577. The number of hydrazine groups is 1. The Kier molecular flexibility index (Phi) is 4.73. The van der Waals surface area contributed by atoms with Gasteiger partial charge in [-0.05, 0) is 52.4 Å². The molecular weight excluding hydrogens is 358 g/mol. The number of nitrogens with one attached hydrogen (secondary N) is 1. The van der Waals surface area contributed by atoms with Crippen LogP contribution in [0.4, 0.5) is 4.39 Å². The molecule has 5 heteroatoms. The first kappa shape index (κ1) is 14.2. The summed E-state index contributed by atoms with van der Waals surface area (Å²) >= 11 is 2.23. The van der Waals surface area contributed by atoms with Gasteiger partial charge in [0.2, 0.25) is 0 Å². The smallest absolute Gasteiger partial charge is 0.124 e. The average Bonchev–Trinajstić information content (AvgIpc) is 2.42. The van der Waals surface area contributed by atoms with Crippen molar-refractivity contribution in [1.82, 2.24) is 5.43 Å². The normalized spacial score (nSPS) is 12.2. The zero-order valence-electron chi connectivity index (χ0n) is 10.4. The number of nitrogens with two attached hydrogens (primary N) is 1. The lowest BCUT2D eigenvalue weighted by Gasteiger charge is -2.20. The molecule has 0 amide bonds. The summed E-state index contributed by atoms with van der Waals surface area (Å²) in [5.41, 5.74) is 4.38. The second-order valence-electron chi connectivity index (χ2n) is 4.01. The minimum absolute atomic E-state index is 0.318. The molecular formula is C14H14FIN2O. The topological polar surface area (TPSA) is 47.3 Å². The maximum absolute atomic E-state index is 13.5. The Morgan fingerprint density at radius 2 is 1.95 bits per heavy atom. The average molecular weight is 372 g/mol. The van der Waals surface area contributed by atoms with Crippen LogP contribution in [0.15, 0.2) is 42.5 Å². The van der Waals surface area contributed by atoms with Crippen LogP contribution in [0.3, 0.4) is 0 Å². The van der Waals surface area contributed by atoms with Gasteiger partial charge in [0.1, 0.15) is 11.6 Å². The van der Waals surface area contributed by atoms with E-state index in [0.29, 0.717) is 11.3 Å². The Hall–Kier alpha value is -1.18. The number of benzene rings is 2. The molecule has 19 heavy (non-hydrogen) atoms. The highest BCUT2D eigenvalue weighted by Gasteiger charge is 2.19. The highest BCUT2D eigenvalue weighted by Crippen LogP contribution is 2.32. The zero-order valence-corrected chi connectivity index (χ0v) is 12.5. The van der Waals surface area contributed by atoms with Gasteiger partial charge in [0.15, 0.2) is 0 Å². The highest BCUT2D eigenvalue weighted by atomic mass is 127. The summed E-state index contributed by atoms with van der Waals surface area (Å²) < 4.78 is 19.8. The quantitative estimate of drug-likeness (QED) is 0.493. The summed E-state index contributed by atoms with van der Waals surface area (Å²) in [6.45, 7) is 0. The number of hydrogen-bond acceptors (Lipinski definition) is 3. The molecule has 2 aromatic rings. The van der Waals surface area contributed by atoms with Crippen LogP contribution in [0.2, 0.25) is 0 Å². The Labute approximate surface area is 125 Å². The minimum Gasteiger partial charge on any atom is -0.496 e. The summed E-state index contributed by atoms with van der Waals surface area (Å²) in [7, 11) is 1.56. The van der Waals surface area contributed by atoms with E-state index in [9.17, 15) is 4.39 Å². The first-order valence-corrected chi connectivity index (χ1v) is 6.79. The summed E-state index contributed by atoms with van der Waals surface area (Å²) in [6, 6.07) is 11.9. The lowest BCUT2D eigenvalue weighted by atomic mass is 9.98. The molecule has 0 heterocycles. The van der Waals surface area contributed by atoms with Crippen molar-refractivity contribution < 1.29 is 9.13 Å². The van der Waals surface area contributed by atoms with Gasteiger partial charge >= 0.3 is 0 Å². The van der Waals surface area contributed by atoms with Gasteiger partial charge in [0, 0.05) is 9.13 Å². The van der Waals surface area contributed by atoms with E-state index in [4.69, 9.17) is 10.6 Å². The van der Waals surface area contributed by atoms with Gasteiger partial charge in [-0.1, -0.05) is 18.2 Å². The third-order valence-electron chi connectivity index (χ3n) is 2.89. The van der Waals surface area contributed by atoms with Crippen LogP contribution in [0.5, 0.6) is 5.75 Å². The van der Waals surface area contributed by atoms with E-state index in [-0.39, 0.29) is 11.9 Å². The number of methoxy groups -OCH3 is 1. The van der Waals surface area contributed by atoms with Crippen LogP contribution >= 0.6 is 22.6 Å². The van der Waals surface area contributed by atoms with Crippen molar-refractivity contribution in [2.24, 2.45) is 5.84 Å². The molecule has 1 atom stereocenters. The fourth-order valence-electron chi connectivity index (χ4n) is 1.99. The SMILES string of the molecule is COc1ccc(F)cc1C(NN)c1ccccc1I. The lowest BCUT2D eigenvalue weighted by Crippen LogP contribution is -2.29. The Morgan fingerprint density at radius 3 is 2.58 bits per heavy atom. The molecule has 0 aliphatic rings. The maximum Gasteiger partial charge on any atom is 0.124 e. The molecule has 3 N–H and O–H groups in total. The first-order valence-electron chi connectivity index (χ1n) is 5.71. The second kappa shape index (κ2) is 6.31. The van der Waals surface area contributed by atoms with Gasteiger partial charge in [-0.15, -0.1) is 0 Å². The van der Waals surface area contributed by atoms with E-state index in [2.05, 4.69) is 28.0 Å². The van der Waals surface area contributed by atoms with Crippen LogP contribution in [0, 0.1) is 9.39 Å². The molecule has 2 aromatic carbocycles. The Morgan fingerprint density at radius 1 is 1.21 bits per heavy atom. The van der Waals surface area contributed by atoms with E-state index in [1.165, 1.54) is 12.1 Å². The number of halogens is 2. The van der Waals surface area contributed by atoms with Crippen molar-refractivity contribution in [3.8, 4) is 5.75 Å². The molecule has 0 spiro atoms. The monoisotopic (exact) mass is 372 g/mol. The lowest BCUT2D eigenvalue weighted by molar-refractivity contribution is 0.402. The molecule has 1 unspecified atom stereocenters. The van der Waals surface area contributed by atoms with Crippen LogP contribution in [-0.4, -0.2) is 7.11 Å². The van der Waals surface area contributed by atoms with Gasteiger partial charge in [-0.25, -0.2) is 9.82 Å². The highest BCUT2D eigenvalue weighted by molar-refractivity contribution is 14.1. The predicted octanol–water partition coefficient (Wildman–Crippen LogP) is 2.99. The molecule has 0 saturated heterocycles. The van der Waals surface area contributed by atoms with Crippen LogP contribution < -0.4 is 16.0 Å². The largest absolute Gasteiger partial charge is 0.496 e. The molecule has 2 rings (SSSR count). The fraction of sp³-hybridized carbons (Fsp3) is 0.143. The molecule has 0 bridgehead atoms. The van der Waals surface area contributed by atoms with Gasteiger partial charge in [0.05, 0.1) is 13.2 Å². The molecule has 0 radical (unpaired) electrons. The van der Waals surface area contributed by atoms with Crippen LogP contribution in [0.25, 0.3) is 0 Å². The Balaban J connectivity index is 2.54. The minimum atomic E-state index is -0.321. The van der Waals surface area contributed by atoms with Gasteiger partial charge in [0.25, 0.3) is 0 Å². The second-order valence-corrected chi connectivity index (χ2v) is 5.17. The molecule has 0 aliphatic heterocycles. The molecule has 0 aromatic heterocycles. The molecule has 0 fully saturated rings. The first-order chi connectivity index (χ1) is 9.17. The zero-order chi connectivity index (χ0) is 13.8. The summed E-state index contributed by atoms with van der Waals surface area (Å²) in [5.74, 6) is 5.93. The molecule has 0 saturated carbocycles. The van der Waals surface area contributed by atoms with E-state index < -0.39 is 0 Å². The van der Waals surface area contributed by atoms with E-state index in [1.807, 2.05) is 24.3 Å². The van der Waals surface area contributed by atoms with Crippen LogP contribution in [0.1, 0.15) is 17.2 Å². The van der Waals surface area contributed by atoms with Crippen molar-refractivity contribution in [2.45, 2.75) is 6.04 Å². The third kappa shape index (κ3) is 3.05.